The minimum absolute atomic E-state index is 0.0258. The fourth-order valence-corrected chi connectivity index (χ4v) is 2.88. The maximum absolute atomic E-state index is 12.7. The second-order valence-electron chi connectivity index (χ2n) is 5.25. The molecule has 0 radical (unpaired) electrons. The van der Waals surface area contributed by atoms with Crippen LogP contribution in [0.2, 0.25) is 0 Å². The molecule has 0 aliphatic heterocycles. The molecule has 0 unspecified atom stereocenters. The minimum Gasteiger partial charge on any atom is -0.494 e. The van der Waals surface area contributed by atoms with Crippen LogP contribution >= 0.6 is 11.3 Å². The van der Waals surface area contributed by atoms with Crippen molar-refractivity contribution in [3.05, 3.63) is 41.2 Å². The summed E-state index contributed by atoms with van der Waals surface area (Å²) in [5.41, 5.74) is 0. The standard InChI is InChI=1S/C15H14F3N5O2S/c16-15(17,18)13-20-21-14-23(13)22-12(26-14)9-19-11(24)7-4-8-25-10-5-2-1-3-6-10/h1-3,5-6H,4,7-9H2,(H,19,24). The number of carbonyl (C=O) groups excluding carboxylic acids is 1. The molecule has 2 aromatic heterocycles. The average molecular weight is 385 g/mol. The molecule has 3 rings (SSSR count). The number of benzene rings is 1. The molecule has 0 fully saturated rings. The van der Waals surface area contributed by atoms with E-state index in [1.54, 1.807) is 0 Å². The molecular weight excluding hydrogens is 371 g/mol. The highest BCUT2D eigenvalue weighted by atomic mass is 32.1. The first kappa shape index (κ1) is 18.1. The van der Waals surface area contributed by atoms with Gasteiger partial charge in [0.2, 0.25) is 10.9 Å². The van der Waals surface area contributed by atoms with E-state index in [1.165, 1.54) is 0 Å². The van der Waals surface area contributed by atoms with Gasteiger partial charge in [-0.2, -0.15) is 22.8 Å². The van der Waals surface area contributed by atoms with Crippen molar-refractivity contribution < 1.29 is 22.7 Å². The number of para-hydroxylation sites is 1. The van der Waals surface area contributed by atoms with Gasteiger partial charge in [-0.3, -0.25) is 4.79 Å². The largest absolute Gasteiger partial charge is 0.494 e. The second kappa shape index (κ2) is 7.68. The first-order valence-corrected chi connectivity index (χ1v) is 8.48. The van der Waals surface area contributed by atoms with Crippen LogP contribution in [0.1, 0.15) is 23.7 Å². The molecule has 1 N–H and O–H groups in total. The third kappa shape index (κ3) is 4.48. The van der Waals surface area contributed by atoms with Gasteiger partial charge in [-0.25, -0.2) is 0 Å². The number of ether oxygens (including phenoxy) is 1. The molecule has 0 atom stereocenters. The average Bonchev–Trinajstić information content (AvgIpc) is 3.17. The van der Waals surface area contributed by atoms with Crippen molar-refractivity contribution in [1.29, 1.82) is 0 Å². The molecule has 0 saturated heterocycles. The van der Waals surface area contributed by atoms with Crippen molar-refractivity contribution in [2.24, 2.45) is 0 Å². The molecule has 1 aromatic carbocycles. The molecule has 2 heterocycles. The van der Waals surface area contributed by atoms with Crippen LogP contribution in [0.3, 0.4) is 0 Å². The summed E-state index contributed by atoms with van der Waals surface area (Å²) in [5, 5.41) is 13.2. The molecule has 138 valence electrons. The lowest BCUT2D eigenvalue weighted by Gasteiger charge is -2.06. The van der Waals surface area contributed by atoms with Gasteiger partial charge >= 0.3 is 6.18 Å². The number of nitrogens with zero attached hydrogens (tertiary/aromatic N) is 4. The number of amides is 1. The number of hydrogen-bond donors (Lipinski definition) is 1. The molecule has 11 heteroatoms. The van der Waals surface area contributed by atoms with Crippen molar-refractivity contribution in [3.63, 3.8) is 0 Å². The molecule has 1 amide bonds. The van der Waals surface area contributed by atoms with E-state index in [9.17, 15) is 18.0 Å². The highest BCUT2D eigenvalue weighted by Crippen LogP contribution is 2.28. The molecule has 0 saturated carbocycles. The van der Waals surface area contributed by atoms with Gasteiger partial charge in [0, 0.05) is 6.42 Å². The van der Waals surface area contributed by atoms with Crippen LogP contribution < -0.4 is 10.1 Å². The number of nitrogens with one attached hydrogen (secondary N) is 1. The summed E-state index contributed by atoms with van der Waals surface area (Å²) in [6.45, 7) is 0.423. The maximum Gasteiger partial charge on any atom is 0.453 e. The Labute approximate surface area is 149 Å². The van der Waals surface area contributed by atoms with Gasteiger partial charge in [-0.15, -0.1) is 10.2 Å². The van der Waals surface area contributed by atoms with Gasteiger partial charge in [0.15, 0.2) is 0 Å². The van der Waals surface area contributed by atoms with E-state index in [0.29, 0.717) is 22.6 Å². The van der Waals surface area contributed by atoms with Crippen molar-refractivity contribution in [3.8, 4) is 5.75 Å². The molecule has 26 heavy (non-hydrogen) atoms. The summed E-state index contributed by atoms with van der Waals surface area (Å²) >= 11 is 0.941. The van der Waals surface area contributed by atoms with Crippen LogP contribution in [0, 0.1) is 0 Å². The quantitative estimate of drug-likeness (QED) is 0.633. The predicted octanol–water partition coefficient (Wildman–Crippen LogP) is 2.68. The smallest absolute Gasteiger partial charge is 0.453 e. The number of rotatable bonds is 7. The zero-order valence-corrected chi connectivity index (χ0v) is 14.2. The lowest BCUT2D eigenvalue weighted by Crippen LogP contribution is -2.23. The molecule has 3 aromatic rings. The molecule has 7 nitrogen and oxygen atoms in total. The molecule has 0 spiro atoms. The van der Waals surface area contributed by atoms with Crippen LogP contribution in [0.25, 0.3) is 4.96 Å². The summed E-state index contributed by atoms with van der Waals surface area (Å²) < 4.78 is 44.3. The summed E-state index contributed by atoms with van der Waals surface area (Å²) in [4.78, 5) is 11.8. The van der Waals surface area contributed by atoms with Crippen molar-refractivity contribution >= 4 is 22.2 Å². The number of hydrogen-bond acceptors (Lipinski definition) is 6. The Morgan fingerprint density at radius 2 is 2.00 bits per heavy atom. The molecular formula is C15H14F3N5O2S. The minimum atomic E-state index is -4.63. The van der Waals surface area contributed by atoms with Crippen LogP contribution in [-0.2, 0) is 17.5 Å². The lowest BCUT2D eigenvalue weighted by molar-refractivity contribution is -0.146. The molecule has 0 bridgehead atoms. The van der Waals surface area contributed by atoms with Gasteiger partial charge in [-0.1, -0.05) is 29.5 Å². The molecule has 0 aliphatic rings. The fourth-order valence-electron chi connectivity index (χ4n) is 2.11. The zero-order chi connectivity index (χ0) is 18.6. The highest BCUT2D eigenvalue weighted by Gasteiger charge is 2.38. The number of carbonyl (C=O) groups is 1. The van der Waals surface area contributed by atoms with E-state index in [1.807, 2.05) is 30.3 Å². The summed E-state index contributed by atoms with van der Waals surface area (Å²) in [7, 11) is 0. The van der Waals surface area contributed by atoms with E-state index < -0.39 is 12.0 Å². The predicted molar refractivity (Wildman–Crippen MR) is 86.7 cm³/mol. The Hall–Kier alpha value is -2.69. The number of fused-ring (bicyclic) bond motifs is 1. The Bertz CT molecular complexity index is 878. The Kier molecular flexibility index (Phi) is 5.35. The van der Waals surface area contributed by atoms with Crippen LogP contribution in [0.15, 0.2) is 30.3 Å². The Morgan fingerprint density at radius 3 is 2.73 bits per heavy atom. The monoisotopic (exact) mass is 385 g/mol. The van der Waals surface area contributed by atoms with Crippen LogP contribution in [0.5, 0.6) is 5.75 Å². The summed E-state index contributed by atoms with van der Waals surface area (Å²) in [6, 6.07) is 9.23. The highest BCUT2D eigenvalue weighted by molar-refractivity contribution is 7.16. The van der Waals surface area contributed by atoms with E-state index in [4.69, 9.17) is 4.74 Å². The molecule has 0 aliphatic carbocycles. The Balaban J connectivity index is 1.44. The SMILES string of the molecule is O=C(CCCOc1ccccc1)NCc1nn2c(C(F)(F)F)nnc2s1. The summed E-state index contributed by atoms with van der Waals surface area (Å²) in [6.07, 6.45) is -3.87. The van der Waals surface area contributed by atoms with Gasteiger partial charge in [-0.05, 0) is 18.6 Å². The second-order valence-corrected chi connectivity index (χ2v) is 6.29. The van der Waals surface area contributed by atoms with Gasteiger partial charge in [0.25, 0.3) is 5.82 Å². The van der Waals surface area contributed by atoms with Crippen LogP contribution in [0.4, 0.5) is 13.2 Å². The van der Waals surface area contributed by atoms with Crippen molar-refractivity contribution in [2.45, 2.75) is 25.6 Å². The van der Waals surface area contributed by atoms with E-state index in [0.717, 1.165) is 17.1 Å². The third-order valence-electron chi connectivity index (χ3n) is 3.28. The van der Waals surface area contributed by atoms with Gasteiger partial charge < -0.3 is 10.1 Å². The Morgan fingerprint density at radius 1 is 1.23 bits per heavy atom. The van der Waals surface area contributed by atoms with Crippen LogP contribution in [-0.4, -0.2) is 32.3 Å². The number of aromatic nitrogens is 4. The maximum atomic E-state index is 12.7. The summed E-state index contributed by atoms with van der Waals surface area (Å²) in [5.74, 6) is -0.684. The topological polar surface area (TPSA) is 81.4 Å². The first-order chi connectivity index (χ1) is 12.4. The van der Waals surface area contributed by atoms with E-state index in [-0.39, 0.29) is 23.8 Å². The van der Waals surface area contributed by atoms with E-state index in [2.05, 4.69) is 20.6 Å². The fraction of sp³-hybridized carbons (Fsp3) is 0.333. The van der Waals surface area contributed by atoms with Crippen molar-refractivity contribution in [1.82, 2.24) is 25.1 Å². The van der Waals surface area contributed by atoms with Gasteiger partial charge in [0.1, 0.15) is 10.8 Å². The van der Waals surface area contributed by atoms with Crippen molar-refractivity contribution in [2.75, 3.05) is 6.61 Å². The zero-order valence-electron chi connectivity index (χ0n) is 13.4. The van der Waals surface area contributed by atoms with E-state index >= 15 is 0 Å². The van der Waals surface area contributed by atoms with Gasteiger partial charge in [0.05, 0.1) is 13.2 Å². The third-order valence-corrected chi connectivity index (χ3v) is 4.18. The number of alkyl halides is 3. The first-order valence-electron chi connectivity index (χ1n) is 7.66. The normalized spacial score (nSPS) is 11.7. The lowest BCUT2D eigenvalue weighted by atomic mass is 10.3. The number of halogens is 3.